The van der Waals surface area contributed by atoms with Crippen molar-refractivity contribution in [2.24, 2.45) is 11.3 Å². The highest BCUT2D eigenvalue weighted by Crippen LogP contribution is 2.39. The summed E-state index contributed by atoms with van der Waals surface area (Å²) in [4.78, 5) is 11.7. The van der Waals surface area contributed by atoms with Gasteiger partial charge in [-0.3, -0.25) is 0 Å². The van der Waals surface area contributed by atoms with Gasteiger partial charge in [0.25, 0.3) is 0 Å². The molecule has 3 atom stereocenters. The van der Waals surface area contributed by atoms with Crippen LogP contribution in [0, 0.1) is 11.3 Å². The molecule has 0 bridgehead atoms. The van der Waals surface area contributed by atoms with Crippen LogP contribution in [-0.2, 0) is 4.74 Å². The number of ether oxygens (including phenoxy) is 1. The van der Waals surface area contributed by atoms with E-state index in [1.165, 1.54) is 6.42 Å². The first-order valence-corrected chi connectivity index (χ1v) is 6.79. The molecule has 0 spiro atoms. The predicted octanol–water partition coefficient (Wildman–Crippen LogP) is 3.73. The molecule has 1 aliphatic carbocycles. The Hall–Kier alpha value is -0.730. The maximum atomic E-state index is 11.7. The second-order valence-electron chi connectivity index (χ2n) is 6.39. The Kier molecular flexibility index (Phi) is 4.84. The summed E-state index contributed by atoms with van der Waals surface area (Å²) in [7, 11) is 0. The molecule has 1 saturated carbocycles. The Balaban J connectivity index is 2.43. The van der Waals surface area contributed by atoms with Crippen molar-refractivity contribution in [2.75, 3.05) is 0 Å². The second kappa shape index (κ2) is 5.74. The maximum Gasteiger partial charge on any atom is 0.407 e. The van der Waals surface area contributed by atoms with Crippen molar-refractivity contribution in [1.82, 2.24) is 5.32 Å². The summed E-state index contributed by atoms with van der Waals surface area (Å²) < 4.78 is 5.52. The SMILES string of the molecule is CCC(C)NC(=O)OC1CC(C)CC(C)(C)C1. The van der Waals surface area contributed by atoms with Crippen LogP contribution in [0.15, 0.2) is 0 Å². The molecule has 1 aliphatic rings. The van der Waals surface area contributed by atoms with Gasteiger partial charge in [0.1, 0.15) is 6.10 Å². The minimum atomic E-state index is -0.255. The minimum absolute atomic E-state index is 0.0813. The normalized spacial score (nSPS) is 29.5. The number of nitrogens with one attached hydrogen (secondary N) is 1. The monoisotopic (exact) mass is 241 g/mol. The Morgan fingerprint density at radius 3 is 2.65 bits per heavy atom. The van der Waals surface area contributed by atoms with Crippen LogP contribution >= 0.6 is 0 Å². The third kappa shape index (κ3) is 4.97. The largest absolute Gasteiger partial charge is 0.446 e. The summed E-state index contributed by atoms with van der Waals surface area (Å²) in [5, 5.41) is 2.86. The van der Waals surface area contributed by atoms with E-state index in [-0.39, 0.29) is 18.2 Å². The van der Waals surface area contributed by atoms with Crippen LogP contribution in [0.2, 0.25) is 0 Å². The molecule has 0 aromatic carbocycles. The molecule has 3 heteroatoms. The summed E-state index contributed by atoms with van der Waals surface area (Å²) in [5.74, 6) is 0.639. The van der Waals surface area contributed by atoms with Crippen molar-refractivity contribution in [2.45, 2.75) is 72.4 Å². The van der Waals surface area contributed by atoms with E-state index < -0.39 is 0 Å². The van der Waals surface area contributed by atoms with Crippen LogP contribution in [0.4, 0.5) is 4.79 Å². The molecule has 0 aromatic rings. The van der Waals surface area contributed by atoms with E-state index in [0.717, 1.165) is 19.3 Å². The summed E-state index contributed by atoms with van der Waals surface area (Å²) in [6.07, 6.45) is 3.96. The maximum absolute atomic E-state index is 11.7. The molecule has 3 nitrogen and oxygen atoms in total. The van der Waals surface area contributed by atoms with Crippen LogP contribution < -0.4 is 5.32 Å². The summed E-state index contributed by atoms with van der Waals surface area (Å²) in [6, 6.07) is 0.191. The molecule has 0 aliphatic heterocycles. The van der Waals surface area contributed by atoms with Crippen molar-refractivity contribution in [3.05, 3.63) is 0 Å². The lowest BCUT2D eigenvalue weighted by molar-refractivity contribution is 0.0177. The Bertz CT molecular complexity index is 263. The van der Waals surface area contributed by atoms with E-state index in [4.69, 9.17) is 4.74 Å². The summed E-state index contributed by atoms with van der Waals surface area (Å²) in [6.45, 7) is 10.8. The van der Waals surface area contributed by atoms with E-state index in [9.17, 15) is 4.79 Å². The van der Waals surface area contributed by atoms with Crippen molar-refractivity contribution in [1.29, 1.82) is 0 Å². The molecular formula is C14H27NO2. The van der Waals surface area contributed by atoms with Gasteiger partial charge >= 0.3 is 6.09 Å². The van der Waals surface area contributed by atoms with E-state index in [1.54, 1.807) is 0 Å². The molecular weight excluding hydrogens is 214 g/mol. The minimum Gasteiger partial charge on any atom is -0.446 e. The number of carbonyl (C=O) groups is 1. The summed E-state index contributed by atoms with van der Waals surface area (Å²) in [5.41, 5.74) is 0.291. The third-order valence-electron chi connectivity index (χ3n) is 3.60. The average molecular weight is 241 g/mol. The molecule has 0 radical (unpaired) electrons. The van der Waals surface area contributed by atoms with E-state index in [0.29, 0.717) is 11.3 Å². The molecule has 0 heterocycles. The van der Waals surface area contributed by atoms with E-state index >= 15 is 0 Å². The number of hydrogen-bond acceptors (Lipinski definition) is 2. The molecule has 0 aromatic heterocycles. The molecule has 1 amide bonds. The van der Waals surface area contributed by atoms with Crippen molar-refractivity contribution >= 4 is 6.09 Å². The molecule has 17 heavy (non-hydrogen) atoms. The van der Waals surface area contributed by atoms with Crippen LogP contribution in [0.5, 0.6) is 0 Å². The van der Waals surface area contributed by atoms with Gasteiger partial charge in [0.05, 0.1) is 0 Å². The van der Waals surface area contributed by atoms with Gasteiger partial charge in [-0.2, -0.15) is 0 Å². The highest BCUT2D eigenvalue weighted by molar-refractivity contribution is 5.67. The van der Waals surface area contributed by atoms with Crippen molar-refractivity contribution in [3.63, 3.8) is 0 Å². The van der Waals surface area contributed by atoms with Crippen LogP contribution in [0.25, 0.3) is 0 Å². The van der Waals surface area contributed by atoms with Gasteiger partial charge in [0.15, 0.2) is 0 Å². The Morgan fingerprint density at radius 1 is 1.47 bits per heavy atom. The first-order chi connectivity index (χ1) is 7.82. The quantitative estimate of drug-likeness (QED) is 0.817. The highest BCUT2D eigenvalue weighted by Gasteiger charge is 2.34. The van der Waals surface area contributed by atoms with Gasteiger partial charge in [0, 0.05) is 6.04 Å². The standard InChI is InChI=1S/C14H27NO2/c1-6-11(3)15-13(16)17-12-7-10(2)8-14(4,5)9-12/h10-12H,6-9H2,1-5H3,(H,15,16). The fraction of sp³-hybridized carbons (Fsp3) is 0.929. The second-order valence-corrected chi connectivity index (χ2v) is 6.39. The van der Waals surface area contributed by atoms with Gasteiger partial charge in [0.2, 0.25) is 0 Å². The van der Waals surface area contributed by atoms with E-state index in [1.807, 2.05) is 6.92 Å². The van der Waals surface area contributed by atoms with Crippen LogP contribution in [0.1, 0.15) is 60.3 Å². The van der Waals surface area contributed by atoms with Gasteiger partial charge < -0.3 is 10.1 Å². The topological polar surface area (TPSA) is 38.3 Å². The van der Waals surface area contributed by atoms with Gasteiger partial charge in [-0.25, -0.2) is 4.79 Å². The first-order valence-electron chi connectivity index (χ1n) is 6.79. The number of amides is 1. The molecule has 1 fully saturated rings. The number of rotatable bonds is 3. The first kappa shape index (κ1) is 14.3. The Morgan fingerprint density at radius 2 is 2.12 bits per heavy atom. The number of alkyl carbamates (subject to hydrolysis) is 1. The third-order valence-corrected chi connectivity index (χ3v) is 3.60. The van der Waals surface area contributed by atoms with Crippen LogP contribution in [0.3, 0.4) is 0 Å². The highest BCUT2D eigenvalue weighted by atomic mass is 16.6. The van der Waals surface area contributed by atoms with Gasteiger partial charge in [-0.05, 0) is 43.9 Å². The fourth-order valence-electron chi connectivity index (χ4n) is 2.84. The fourth-order valence-corrected chi connectivity index (χ4v) is 2.84. The smallest absolute Gasteiger partial charge is 0.407 e. The van der Waals surface area contributed by atoms with Gasteiger partial charge in [-0.15, -0.1) is 0 Å². The zero-order chi connectivity index (χ0) is 13.1. The molecule has 100 valence electrons. The van der Waals surface area contributed by atoms with Gasteiger partial charge in [-0.1, -0.05) is 27.7 Å². The Labute approximate surface area is 105 Å². The lowest BCUT2D eigenvalue weighted by Crippen LogP contribution is -2.39. The average Bonchev–Trinajstić information content (AvgIpc) is 2.13. The van der Waals surface area contributed by atoms with Crippen LogP contribution in [-0.4, -0.2) is 18.2 Å². The molecule has 1 N–H and O–H groups in total. The van der Waals surface area contributed by atoms with E-state index in [2.05, 4.69) is 33.0 Å². The molecule has 1 rings (SSSR count). The molecule has 3 unspecified atom stereocenters. The number of carbonyl (C=O) groups excluding carboxylic acids is 1. The van der Waals surface area contributed by atoms with Crippen molar-refractivity contribution in [3.8, 4) is 0 Å². The number of hydrogen-bond donors (Lipinski definition) is 1. The lowest BCUT2D eigenvalue weighted by Gasteiger charge is -2.38. The molecule has 0 saturated heterocycles. The zero-order valence-electron chi connectivity index (χ0n) is 11.9. The lowest BCUT2D eigenvalue weighted by atomic mass is 9.71. The summed E-state index contributed by atoms with van der Waals surface area (Å²) >= 11 is 0. The van der Waals surface area contributed by atoms with Crippen molar-refractivity contribution < 1.29 is 9.53 Å². The predicted molar refractivity (Wildman–Crippen MR) is 70.0 cm³/mol. The zero-order valence-corrected chi connectivity index (χ0v) is 11.9.